The van der Waals surface area contributed by atoms with E-state index in [0.717, 1.165) is 30.8 Å². The molecule has 2 heterocycles. The van der Waals surface area contributed by atoms with Crippen molar-refractivity contribution < 1.29 is 0 Å². The SMILES string of the molecule is Cc1ccc(-n2ncc(NCCCCNc3ccccn3)c(Cl)c2=O)cc1Cl. The van der Waals surface area contributed by atoms with Crippen LogP contribution in [0.4, 0.5) is 11.5 Å². The largest absolute Gasteiger partial charge is 0.382 e. The van der Waals surface area contributed by atoms with Crippen molar-refractivity contribution in [2.75, 3.05) is 23.7 Å². The Bertz CT molecular complexity index is 992. The van der Waals surface area contributed by atoms with Crippen LogP contribution in [0.2, 0.25) is 10.0 Å². The number of unbranched alkanes of at least 4 members (excludes halogenated alkanes) is 1. The second kappa shape index (κ2) is 9.57. The molecule has 3 aromatic rings. The fourth-order valence-corrected chi connectivity index (χ4v) is 2.98. The highest BCUT2D eigenvalue weighted by Gasteiger charge is 2.11. The van der Waals surface area contributed by atoms with E-state index in [9.17, 15) is 4.79 Å². The first-order chi connectivity index (χ1) is 13.6. The van der Waals surface area contributed by atoms with Gasteiger partial charge < -0.3 is 10.6 Å². The van der Waals surface area contributed by atoms with Crippen molar-refractivity contribution in [2.24, 2.45) is 0 Å². The van der Waals surface area contributed by atoms with Crippen molar-refractivity contribution in [2.45, 2.75) is 19.8 Å². The number of nitrogens with one attached hydrogen (secondary N) is 2. The number of benzene rings is 1. The molecule has 3 rings (SSSR count). The lowest BCUT2D eigenvalue weighted by Crippen LogP contribution is -2.23. The Hall–Kier alpha value is -2.57. The van der Waals surface area contributed by atoms with Gasteiger partial charge in [-0.15, -0.1) is 0 Å². The van der Waals surface area contributed by atoms with Crippen LogP contribution in [0, 0.1) is 6.92 Å². The molecule has 0 aliphatic rings. The van der Waals surface area contributed by atoms with Gasteiger partial charge in [0.1, 0.15) is 10.8 Å². The van der Waals surface area contributed by atoms with Crippen LogP contribution >= 0.6 is 23.2 Å². The summed E-state index contributed by atoms with van der Waals surface area (Å²) in [7, 11) is 0. The van der Waals surface area contributed by atoms with Crippen LogP contribution in [0.5, 0.6) is 0 Å². The van der Waals surface area contributed by atoms with E-state index in [-0.39, 0.29) is 10.6 Å². The molecule has 0 saturated heterocycles. The van der Waals surface area contributed by atoms with Crippen molar-refractivity contribution in [3.63, 3.8) is 0 Å². The molecule has 0 fully saturated rings. The topological polar surface area (TPSA) is 71.8 Å². The molecule has 0 atom stereocenters. The zero-order chi connectivity index (χ0) is 19.9. The summed E-state index contributed by atoms with van der Waals surface area (Å²) < 4.78 is 1.25. The highest BCUT2D eigenvalue weighted by atomic mass is 35.5. The number of nitrogens with zero attached hydrogens (tertiary/aromatic N) is 3. The smallest absolute Gasteiger partial charge is 0.292 e. The van der Waals surface area contributed by atoms with Crippen LogP contribution in [0.25, 0.3) is 5.69 Å². The third-order valence-corrected chi connectivity index (χ3v) is 4.98. The molecule has 0 aliphatic carbocycles. The Balaban J connectivity index is 1.54. The van der Waals surface area contributed by atoms with Crippen molar-refractivity contribution in [1.82, 2.24) is 14.8 Å². The lowest BCUT2D eigenvalue weighted by molar-refractivity contribution is 0.783. The lowest BCUT2D eigenvalue weighted by atomic mass is 10.2. The van der Waals surface area contributed by atoms with E-state index in [1.165, 1.54) is 4.68 Å². The van der Waals surface area contributed by atoms with Gasteiger partial charge in [-0.3, -0.25) is 4.79 Å². The fraction of sp³-hybridized carbons (Fsp3) is 0.250. The number of anilines is 2. The Morgan fingerprint density at radius 1 is 1.07 bits per heavy atom. The Morgan fingerprint density at radius 2 is 1.86 bits per heavy atom. The summed E-state index contributed by atoms with van der Waals surface area (Å²) in [6, 6.07) is 11.1. The van der Waals surface area contributed by atoms with Crippen molar-refractivity contribution in [1.29, 1.82) is 0 Å². The number of aryl methyl sites for hydroxylation is 1. The Morgan fingerprint density at radius 3 is 2.57 bits per heavy atom. The van der Waals surface area contributed by atoms with E-state index < -0.39 is 0 Å². The van der Waals surface area contributed by atoms with E-state index in [1.807, 2.05) is 31.2 Å². The molecule has 0 aliphatic heterocycles. The summed E-state index contributed by atoms with van der Waals surface area (Å²) in [6.07, 6.45) is 5.18. The predicted molar refractivity (Wildman–Crippen MR) is 115 cm³/mol. The second-order valence-electron chi connectivity index (χ2n) is 6.30. The van der Waals surface area contributed by atoms with E-state index in [4.69, 9.17) is 23.2 Å². The summed E-state index contributed by atoms with van der Waals surface area (Å²) in [5.41, 5.74) is 1.65. The average Bonchev–Trinajstić information content (AvgIpc) is 2.71. The summed E-state index contributed by atoms with van der Waals surface area (Å²) in [5.74, 6) is 0.863. The molecule has 2 aromatic heterocycles. The third kappa shape index (κ3) is 5.03. The molecule has 0 unspecified atom stereocenters. The van der Waals surface area contributed by atoms with Gasteiger partial charge >= 0.3 is 0 Å². The van der Waals surface area contributed by atoms with Crippen LogP contribution in [0.1, 0.15) is 18.4 Å². The van der Waals surface area contributed by atoms with Crippen molar-refractivity contribution in [3.8, 4) is 5.69 Å². The van der Waals surface area contributed by atoms with Gasteiger partial charge in [-0.2, -0.15) is 9.78 Å². The number of hydrogen-bond donors (Lipinski definition) is 2. The summed E-state index contributed by atoms with van der Waals surface area (Å²) >= 11 is 12.4. The van der Waals surface area contributed by atoms with Gasteiger partial charge in [0.25, 0.3) is 5.56 Å². The zero-order valence-electron chi connectivity index (χ0n) is 15.5. The van der Waals surface area contributed by atoms with Gasteiger partial charge in [0.2, 0.25) is 0 Å². The average molecular weight is 418 g/mol. The van der Waals surface area contributed by atoms with Gasteiger partial charge in [-0.05, 0) is 49.6 Å². The molecular formula is C20H21Cl2N5O. The number of hydrogen-bond acceptors (Lipinski definition) is 5. The fourth-order valence-electron chi connectivity index (χ4n) is 2.61. The number of rotatable bonds is 8. The van der Waals surface area contributed by atoms with Gasteiger partial charge in [0.15, 0.2) is 0 Å². The van der Waals surface area contributed by atoms with Crippen LogP contribution in [0.3, 0.4) is 0 Å². The highest BCUT2D eigenvalue weighted by molar-refractivity contribution is 6.33. The number of aromatic nitrogens is 3. The first-order valence-electron chi connectivity index (χ1n) is 8.99. The minimum Gasteiger partial charge on any atom is -0.382 e. The maximum Gasteiger partial charge on any atom is 0.292 e. The maximum absolute atomic E-state index is 12.5. The summed E-state index contributed by atoms with van der Waals surface area (Å²) in [4.78, 5) is 16.8. The van der Waals surface area contributed by atoms with E-state index >= 15 is 0 Å². The zero-order valence-corrected chi connectivity index (χ0v) is 17.0. The highest BCUT2D eigenvalue weighted by Crippen LogP contribution is 2.20. The van der Waals surface area contributed by atoms with Crippen molar-refractivity contribution in [3.05, 3.63) is 74.8 Å². The van der Waals surface area contributed by atoms with E-state index in [1.54, 1.807) is 24.5 Å². The van der Waals surface area contributed by atoms with Crippen LogP contribution < -0.4 is 16.2 Å². The second-order valence-corrected chi connectivity index (χ2v) is 7.08. The Labute approximate surface area is 173 Å². The van der Waals surface area contributed by atoms with Gasteiger partial charge in [0, 0.05) is 24.3 Å². The third-order valence-electron chi connectivity index (χ3n) is 4.21. The molecule has 0 radical (unpaired) electrons. The van der Waals surface area contributed by atoms with Crippen LogP contribution in [-0.2, 0) is 0 Å². The molecule has 0 spiro atoms. The maximum atomic E-state index is 12.5. The number of halogens is 2. The molecule has 0 saturated carbocycles. The van der Waals surface area contributed by atoms with Crippen LogP contribution in [-0.4, -0.2) is 27.9 Å². The molecule has 0 amide bonds. The quantitative estimate of drug-likeness (QED) is 0.526. The first-order valence-corrected chi connectivity index (χ1v) is 9.75. The molecule has 0 bridgehead atoms. The lowest BCUT2D eigenvalue weighted by Gasteiger charge is -2.11. The predicted octanol–water partition coefficient (Wildman–Crippen LogP) is 4.55. The van der Waals surface area contributed by atoms with Gasteiger partial charge in [-0.25, -0.2) is 4.98 Å². The van der Waals surface area contributed by atoms with E-state index in [2.05, 4.69) is 20.7 Å². The minimum absolute atomic E-state index is 0.110. The molecule has 146 valence electrons. The summed E-state index contributed by atoms with van der Waals surface area (Å²) in [6.45, 7) is 3.40. The van der Waals surface area contributed by atoms with Gasteiger partial charge in [0.05, 0.1) is 17.6 Å². The van der Waals surface area contributed by atoms with E-state index in [0.29, 0.717) is 22.9 Å². The monoisotopic (exact) mass is 417 g/mol. The van der Waals surface area contributed by atoms with Crippen LogP contribution in [0.15, 0.2) is 53.6 Å². The first kappa shape index (κ1) is 20.2. The minimum atomic E-state index is -0.386. The molecule has 6 nitrogen and oxygen atoms in total. The summed E-state index contributed by atoms with van der Waals surface area (Å²) in [5, 5.41) is 11.3. The van der Waals surface area contributed by atoms with Gasteiger partial charge in [-0.1, -0.05) is 35.3 Å². The standard InChI is InChI=1S/C20H21Cl2N5O/c1-14-7-8-15(12-16(14)21)27-20(28)19(22)17(13-26-27)23-9-4-5-11-25-18-6-2-3-10-24-18/h2-3,6-8,10,12-13,23H,4-5,9,11H2,1H3,(H,24,25). The molecule has 28 heavy (non-hydrogen) atoms. The molecule has 1 aromatic carbocycles. The Kier molecular flexibility index (Phi) is 6.90. The molecule has 2 N–H and O–H groups in total. The van der Waals surface area contributed by atoms with Crippen molar-refractivity contribution >= 4 is 34.7 Å². The molecular weight excluding hydrogens is 397 g/mol. The molecule has 8 heteroatoms. The number of pyridine rings is 1. The normalized spacial score (nSPS) is 10.7.